The van der Waals surface area contributed by atoms with Crippen molar-refractivity contribution in [3.05, 3.63) is 0 Å². The molecule has 0 heterocycles. The second-order valence-corrected chi connectivity index (χ2v) is 6.01. The maximum Gasteiger partial charge on any atom is 0.0689 e. The molecule has 0 aromatic rings. The highest BCUT2D eigenvalue weighted by molar-refractivity contribution is 5.02. The van der Waals surface area contributed by atoms with Gasteiger partial charge in [-0.05, 0) is 37.5 Å². The van der Waals surface area contributed by atoms with E-state index in [1.807, 2.05) is 0 Å². The van der Waals surface area contributed by atoms with Crippen LogP contribution in [-0.4, -0.2) is 0 Å². The summed E-state index contributed by atoms with van der Waals surface area (Å²) in [6, 6.07) is 2.61. The lowest BCUT2D eigenvalue weighted by atomic mass is 9.64. The highest BCUT2D eigenvalue weighted by atomic mass is 14.4. The molecular weight excluding hydrogens is 182 g/mol. The summed E-state index contributed by atoms with van der Waals surface area (Å²) in [6.07, 6.45) is 9.62. The van der Waals surface area contributed by atoms with E-state index in [2.05, 4.69) is 26.8 Å². The lowest BCUT2D eigenvalue weighted by Crippen LogP contribution is -2.30. The number of nitrogens with zero attached hydrogens (tertiary/aromatic N) is 1. The molecule has 1 aliphatic rings. The summed E-state index contributed by atoms with van der Waals surface area (Å²) < 4.78 is 0. The molecule has 0 radical (unpaired) electrons. The molecular formula is C14H25N. The van der Waals surface area contributed by atoms with Crippen molar-refractivity contribution in [1.82, 2.24) is 0 Å². The zero-order valence-electron chi connectivity index (χ0n) is 10.6. The van der Waals surface area contributed by atoms with E-state index in [-0.39, 0.29) is 5.41 Å². The molecule has 1 rings (SSSR count). The summed E-state index contributed by atoms with van der Waals surface area (Å²) in [5.74, 6) is 0. The minimum absolute atomic E-state index is 0.0324. The number of nitriles is 1. The third kappa shape index (κ3) is 3.52. The first-order valence-corrected chi connectivity index (χ1v) is 6.45. The average Bonchev–Trinajstić information content (AvgIpc) is 2.22. The highest BCUT2D eigenvalue weighted by Crippen LogP contribution is 2.47. The van der Waals surface area contributed by atoms with Gasteiger partial charge in [0, 0.05) is 0 Å². The van der Waals surface area contributed by atoms with Crippen LogP contribution in [0.25, 0.3) is 0 Å². The molecule has 0 amide bonds. The van der Waals surface area contributed by atoms with Gasteiger partial charge in [-0.25, -0.2) is 0 Å². The minimum atomic E-state index is 0.0324. The fourth-order valence-electron chi connectivity index (χ4n) is 2.54. The van der Waals surface area contributed by atoms with Gasteiger partial charge in [-0.1, -0.05) is 40.0 Å². The third-order valence-corrected chi connectivity index (χ3v) is 4.06. The molecule has 1 saturated carbocycles. The van der Waals surface area contributed by atoms with Gasteiger partial charge in [-0.3, -0.25) is 0 Å². The van der Waals surface area contributed by atoms with Crippen molar-refractivity contribution in [3.63, 3.8) is 0 Å². The van der Waals surface area contributed by atoms with Crippen LogP contribution in [0.3, 0.4) is 0 Å². The normalized spacial score (nSPS) is 23.3. The smallest absolute Gasteiger partial charge is 0.0689 e. The molecule has 0 aromatic carbocycles. The van der Waals surface area contributed by atoms with Crippen molar-refractivity contribution in [3.8, 4) is 6.07 Å². The largest absolute Gasteiger partial charge is 0.198 e. The van der Waals surface area contributed by atoms with Gasteiger partial charge in [0.25, 0.3) is 0 Å². The predicted octanol–water partition coefficient (Wildman–Crippen LogP) is 4.68. The molecule has 15 heavy (non-hydrogen) atoms. The van der Waals surface area contributed by atoms with Crippen molar-refractivity contribution in [1.29, 1.82) is 5.26 Å². The SMILES string of the molecule is CCCCCC1(C#N)CCC(C)(C)CC1. The van der Waals surface area contributed by atoms with Gasteiger partial charge >= 0.3 is 0 Å². The van der Waals surface area contributed by atoms with E-state index in [0.717, 1.165) is 19.3 Å². The Balaban J connectivity index is 2.46. The van der Waals surface area contributed by atoms with E-state index >= 15 is 0 Å². The molecule has 1 aliphatic carbocycles. The van der Waals surface area contributed by atoms with Crippen LogP contribution in [0.4, 0.5) is 0 Å². The number of rotatable bonds is 4. The van der Waals surface area contributed by atoms with Crippen molar-refractivity contribution < 1.29 is 0 Å². The molecule has 0 spiro atoms. The second kappa shape index (κ2) is 5.01. The summed E-state index contributed by atoms with van der Waals surface area (Å²) in [7, 11) is 0. The molecule has 0 saturated heterocycles. The predicted molar refractivity (Wildman–Crippen MR) is 64.4 cm³/mol. The summed E-state index contributed by atoms with van der Waals surface area (Å²) in [4.78, 5) is 0. The molecule has 0 bridgehead atoms. The molecule has 86 valence electrons. The molecule has 1 heteroatoms. The maximum absolute atomic E-state index is 9.36. The second-order valence-electron chi connectivity index (χ2n) is 6.01. The van der Waals surface area contributed by atoms with Crippen LogP contribution in [0.5, 0.6) is 0 Å². The average molecular weight is 207 g/mol. The Bertz CT molecular complexity index is 224. The van der Waals surface area contributed by atoms with E-state index in [1.54, 1.807) is 0 Å². The monoisotopic (exact) mass is 207 g/mol. The van der Waals surface area contributed by atoms with Crippen LogP contribution in [0.2, 0.25) is 0 Å². The summed E-state index contributed by atoms with van der Waals surface area (Å²) >= 11 is 0. The molecule has 0 N–H and O–H groups in total. The maximum atomic E-state index is 9.36. The fourth-order valence-corrected chi connectivity index (χ4v) is 2.54. The summed E-state index contributed by atoms with van der Waals surface area (Å²) in [6.45, 7) is 6.89. The summed E-state index contributed by atoms with van der Waals surface area (Å²) in [5.41, 5.74) is 0.510. The van der Waals surface area contributed by atoms with Crippen molar-refractivity contribution in [2.24, 2.45) is 10.8 Å². The van der Waals surface area contributed by atoms with Crippen molar-refractivity contribution in [2.45, 2.75) is 72.1 Å². The Labute approximate surface area is 94.9 Å². The Morgan fingerprint density at radius 3 is 2.13 bits per heavy atom. The van der Waals surface area contributed by atoms with Gasteiger partial charge in [0.1, 0.15) is 0 Å². The van der Waals surface area contributed by atoms with Crippen molar-refractivity contribution in [2.75, 3.05) is 0 Å². The lowest BCUT2D eigenvalue weighted by molar-refractivity contribution is 0.136. The molecule has 1 nitrogen and oxygen atoms in total. The fraction of sp³-hybridized carbons (Fsp3) is 0.929. The molecule has 0 atom stereocenters. The van der Waals surface area contributed by atoms with Crippen molar-refractivity contribution >= 4 is 0 Å². The van der Waals surface area contributed by atoms with E-state index < -0.39 is 0 Å². The van der Waals surface area contributed by atoms with Crippen LogP contribution >= 0.6 is 0 Å². The molecule has 0 aliphatic heterocycles. The van der Waals surface area contributed by atoms with Gasteiger partial charge in [0.2, 0.25) is 0 Å². The van der Waals surface area contributed by atoms with Crippen LogP contribution < -0.4 is 0 Å². The zero-order chi connectivity index (χ0) is 11.4. The van der Waals surface area contributed by atoms with Gasteiger partial charge in [-0.15, -0.1) is 0 Å². The zero-order valence-corrected chi connectivity index (χ0v) is 10.6. The first-order valence-electron chi connectivity index (χ1n) is 6.45. The molecule has 0 aromatic heterocycles. The quantitative estimate of drug-likeness (QED) is 0.614. The van der Waals surface area contributed by atoms with Gasteiger partial charge in [0.05, 0.1) is 11.5 Å². The molecule has 0 unspecified atom stereocenters. The Morgan fingerprint density at radius 1 is 1.07 bits per heavy atom. The van der Waals surface area contributed by atoms with Gasteiger partial charge in [-0.2, -0.15) is 5.26 Å². The van der Waals surface area contributed by atoms with Crippen LogP contribution in [0.1, 0.15) is 72.1 Å². The van der Waals surface area contributed by atoms with E-state index in [1.165, 1.54) is 32.1 Å². The Hall–Kier alpha value is -0.510. The number of unbranched alkanes of at least 4 members (excludes halogenated alkanes) is 2. The van der Waals surface area contributed by atoms with E-state index in [0.29, 0.717) is 5.41 Å². The number of hydrogen-bond acceptors (Lipinski definition) is 1. The highest BCUT2D eigenvalue weighted by Gasteiger charge is 2.37. The van der Waals surface area contributed by atoms with Crippen LogP contribution in [0.15, 0.2) is 0 Å². The minimum Gasteiger partial charge on any atom is -0.198 e. The van der Waals surface area contributed by atoms with Gasteiger partial charge < -0.3 is 0 Å². The third-order valence-electron chi connectivity index (χ3n) is 4.06. The first-order chi connectivity index (χ1) is 7.04. The summed E-state index contributed by atoms with van der Waals surface area (Å²) in [5, 5.41) is 9.36. The van der Waals surface area contributed by atoms with Crippen LogP contribution in [0, 0.1) is 22.2 Å². The van der Waals surface area contributed by atoms with E-state index in [4.69, 9.17) is 0 Å². The first kappa shape index (κ1) is 12.6. The Morgan fingerprint density at radius 2 is 1.67 bits per heavy atom. The topological polar surface area (TPSA) is 23.8 Å². The van der Waals surface area contributed by atoms with E-state index in [9.17, 15) is 5.26 Å². The van der Waals surface area contributed by atoms with Gasteiger partial charge in [0.15, 0.2) is 0 Å². The van der Waals surface area contributed by atoms with Crippen LogP contribution in [-0.2, 0) is 0 Å². The molecule has 1 fully saturated rings. The standard InChI is InChI=1S/C14H25N/c1-4-5-6-7-14(12-15)10-8-13(2,3)9-11-14/h4-11H2,1-3H3. The number of hydrogen-bond donors (Lipinski definition) is 0. The Kier molecular flexibility index (Phi) is 4.20. The lowest BCUT2D eigenvalue weighted by Gasteiger charge is -2.39.